The summed E-state index contributed by atoms with van der Waals surface area (Å²) < 4.78 is 5.67. The van der Waals surface area contributed by atoms with Gasteiger partial charge in [0.05, 0.1) is 0 Å². The van der Waals surface area contributed by atoms with Crippen LogP contribution < -0.4 is 10.1 Å². The Morgan fingerprint density at radius 3 is 2.34 bits per heavy atom. The molecule has 2 amide bonds. The molecule has 29 heavy (non-hydrogen) atoms. The van der Waals surface area contributed by atoms with Gasteiger partial charge < -0.3 is 15.0 Å². The number of carbonyl (C=O) groups is 2. The van der Waals surface area contributed by atoms with Crippen molar-refractivity contribution in [3.8, 4) is 5.75 Å². The third-order valence-electron chi connectivity index (χ3n) is 4.50. The summed E-state index contributed by atoms with van der Waals surface area (Å²) >= 11 is 6.30. The van der Waals surface area contributed by atoms with E-state index in [1.165, 1.54) is 0 Å². The lowest BCUT2D eigenvalue weighted by Crippen LogP contribution is -2.51. The first kappa shape index (κ1) is 22.8. The van der Waals surface area contributed by atoms with Crippen LogP contribution in [0.25, 0.3) is 0 Å². The van der Waals surface area contributed by atoms with E-state index in [1.54, 1.807) is 11.0 Å². The van der Waals surface area contributed by atoms with Gasteiger partial charge in [-0.1, -0.05) is 54.4 Å². The van der Waals surface area contributed by atoms with Crippen LogP contribution in [0.3, 0.4) is 0 Å². The smallest absolute Gasteiger partial charge is 0.261 e. The molecule has 6 heteroatoms. The van der Waals surface area contributed by atoms with Gasteiger partial charge in [0.1, 0.15) is 11.8 Å². The van der Waals surface area contributed by atoms with E-state index in [1.807, 2.05) is 70.2 Å². The van der Waals surface area contributed by atoms with Gasteiger partial charge in [-0.15, -0.1) is 0 Å². The van der Waals surface area contributed by atoms with Crippen LogP contribution >= 0.6 is 11.6 Å². The van der Waals surface area contributed by atoms with Crippen LogP contribution in [0.5, 0.6) is 5.75 Å². The number of nitrogens with zero attached hydrogens (tertiary/aromatic N) is 1. The minimum atomic E-state index is -0.609. The summed E-state index contributed by atoms with van der Waals surface area (Å²) in [6.07, 6.45) is 0.485. The molecule has 1 atom stereocenters. The zero-order valence-electron chi connectivity index (χ0n) is 17.4. The normalized spacial score (nSPS) is 11.8. The number of carbonyl (C=O) groups excluding carboxylic acids is 2. The number of hydrogen-bond acceptors (Lipinski definition) is 3. The molecule has 0 aliphatic rings. The first-order valence-electron chi connectivity index (χ1n) is 9.84. The molecular weight excluding hydrogens is 388 g/mol. The van der Waals surface area contributed by atoms with Crippen LogP contribution in [0.15, 0.2) is 48.5 Å². The molecule has 0 aromatic heterocycles. The summed E-state index contributed by atoms with van der Waals surface area (Å²) in [5.74, 6) is 0.163. The van der Waals surface area contributed by atoms with Crippen molar-refractivity contribution in [2.45, 2.75) is 52.7 Å². The molecule has 0 heterocycles. The van der Waals surface area contributed by atoms with Crippen molar-refractivity contribution in [1.29, 1.82) is 0 Å². The molecule has 2 rings (SSSR count). The van der Waals surface area contributed by atoms with E-state index in [0.29, 0.717) is 17.2 Å². The van der Waals surface area contributed by atoms with E-state index in [9.17, 15) is 9.59 Å². The molecule has 156 valence electrons. The third kappa shape index (κ3) is 6.79. The fourth-order valence-electron chi connectivity index (χ4n) is 2.97. The Morgan fingerprint density at radius 2 is 1.76 bits per heavy atom. The highest BCUT2D eigenvalue weighted by molar-refractivity contribution is 6.31. The monoisotopic (exact) mass is 416 g/mol. The maximum Gasteiger partial charge on any atom is 0.261 e. The van der Waals surface area contributed by atoms with Gasteiger partial charge in [-0.05, 0) is 51.0 Å². The predicted molar refractivity (Wildman–Crippen MR) is 116 cm³/mol. The molecule has 0 fully saturated rings. The maximum absolute atomic E-state index is 13.1. The second-order valence-electron chi connectivity index (χ2n) is 7.30. The fraction of sp³-hybridized carbons (Fsp3) is 0.391. The quantitative estimate of drug-likeness (QED) is 0.660. The van der Waals surface area contributed by atoms with Crippen LogP contribution in [0.2, 0.25) is 5.02 Å². The number of halogens is 1. The highest BCUT2D eigenvalue weighted by atomic mass is 35.5. The van der Waals surface area contributed by atoms with Crippen LogP contribution in [0, 0.1) is 6.92 Å². The average molecular weight is 417 g/mol. The number of hydrogen-bond donors (Lipinski definition) is 1. The van der Waals surface area contributed by atoms with E-state index < -0.39 is 6.04 Å². The zero-order chi connectivity index (χ0) is 21.4. The molecule has 1 N–H and O–H groups in total. The molecule has 0 spiro atoms. The SMILES string of the molecule is CCC(C(=O)NC(C)C)N(Cc1ccccc1Cl)C(=O)COc1ccc(C)cc1. The van der Waals surface area contributed by atoms with Crippen molar-refractivity contribution in [3.63, 3.8) is 0 Å². The van der Waals surface area contributed by atoms with Crippen LogP contribution in [-0.2, 0) is 16.1 Å². The number of nitrogens with one attached hydrogen (secondary N) is 1. The molecule has 2 aromatic rings. The Hall–Kier alpha value is -2.53. The standard InChI is InChI=1S/C23H29ClN2O3/c1-5-21(23(28)25-16(2)3)26(14-18-8-6-7-9-20(18)24)22(27)15-29-19-12-10-17(4)11-13-19/h6-13,16,21H,5,14-15H2,1-4H3,(H,25,28). The molecule has 5 nitrogen and oxygen atoms in total. The molecule has 0 bridgehead atoms. The molecule has 0 aliphatic heterocycles. The number of ether oxygens (including phenoxy) is 1. The van der Waals surface area contributed by atoms with E-state index in [2.05, 4.69) is 5.32 Å². The van der Waals surface area contributed by atoms with Gasteiger partial charge >= 0.3 is 0 Å². The van der Waals surface area contributed by atoms with Crippen LogP contribution in [0.4, 0.5) is 0 Å². The van der Waals surface area contributed by atoms with E-state index in [0.717, 1.165) is 11.1 Å². The van der Waals surface area contributed by atoms with E-state index in [-0.39, 0.29) is 31.0 Å². The first-order valence-corrected chi connectivity index (χ1v) is 10.2. The maximum atomic E-state index is 13.1. The van der Waals surface area contributed by atoms with Crippen molar-refractivity contribution < 1.29 is 14.3 Å². The van der Waals surface area contributed by atoms with Crippen molar-refractivity contribution in [2.24, 2.45) is 0 Å². The van der Waals surface area contributed by atoms with Crippen molar-refractivity contribution in [1.82, 2.24) is 10.2 Å². The average Bonchev–Trinajstić information content (AvgIpc) is 2.68. The summed E-state index contributed by atoms with van der Waals surface area (Å²) in [5, 5.41) is 3.46. The lowest BCUT2D eigenvalue weighted by Gasteiger charge is -2.31. The fourth-order valence-corrected chi connectivity index (χ4v) is 3.17. The van der Waals surface area contributed by atoms with Gasteiger partial charge in [0.15, 0.2) is 6.61 Å². The second-order valence-corrected chi connectivity index (χ2v) is 7.71. The van der Waals surface area contributed by atoms with Crippen LogP contribution in [0.1, 0.15) is 38.3 Å². The summed E-state index contributed by atoms with van der Waals surface area (Å²) in [6, 6.07) is 14.2. The highest BCUT2D eigenvalue weighted by Gasteiger charge is 2.29. The van der Waals surface area contributed by atoms with Crippen molar-refractivity contribution in [2.75, 3.05) is 6.61 Å². The Morgan fingerprint density at radius 1 is 1.10 bits per heavy atom. The van der Waals surface area contributed by atoms with Gasteiger partial charge in [0.2, 0.25) is 5.91 Å². The number of rotatable bonds is 9. The minimum absolute atomic E-state index is 0.0161. The Balaban J connectivity index is 2.21. The minimum Gasteiger partial charge on any atom is -0.484 e. The summed E-state index contributed by atoms with van der Waals surface area (Å²) in [4.78, 5) is 27.4. The van der Waals surface area contributed by atoms with Gasteiger partial charge in [-0.25, -0.2) is 0 Å². The van der Waals surface area contributed by atoms with Gasteiger partial charge in [0, 0.05) is 17.6 Å². The molecule has 0 radical (unpaired) electrons. The molecule has 0 aliphatic carbocycles. The second kappa shape index (κ2) is 10.9. The molecule has 0 saturated heterocycles. The van der Waals surface area contributed by atoms with Gasteiger partial charge in [0.25, 0.3) is 5.91 Å². The number of benzene rings is 2. The molecule has 1 unspecified atom stereocenters. The van der Waals surface area contributed by atoms with Crippen molar-refractivity contribution in [3.05, 3.63) is 64.7 Å². The molecule has 2 aromatic carbocycles. The Labute approximate surface area is 178 Å². The third-order valence-corrected chi connectivity index (χ3v) is 4.87. The topological polar surface area (TPSA) is 58.6 Å². The highest BCUT2D eigenvalue weighted by Crippen LogP contribution is 2.20. The van der Waals surface area contributed by atoms with Crippen molar-refractivity contribution >= 4 is 23.4 Å². The number of aryl methyl sites for hydroxylation is 1. The first-order chi connectivity index (χ1) is 13.8. The van der Waals surface area contributed by atoms with Crippen LogP contribution in [-0.4, -0.2) is 35.4 Å². The largest absolute Gasteiger partial charge is 0.484 e. The Bertz CT molecular complexity index is 821. The lowest BCUT2D eigenvalue weighted by molar-refractivity contribution is -0.143. The summed E-state index contributed by atoms with van der Waals surface area (Å²) in [7, 11) is 0. The summed E-state index contributed by atoms with van der Waals surface area (Å²) in [6.45, 7) is 7.74. The van der Waals surface area contributed by atoms with Gasteiger partial charge in [-0.2, -0.15) is 0 Å². The van der Waals surface area contributed by atoms with E-state index >= 15 is 0 Å². The van der Waals surface area contributed by atoms with E-state index in [4.69, 9.17) is 16.3 Å². The molecule has 0 saturated carbocycles. The summed E-state index contributed by atoms with van der Waals surface area (Å²) in [5.41, 5.74) is 1.90. The Kier molecular flexibility index (Phi) is 8.52. The lowest BCUT2D eigenvalue weighted by atomic mass is 10.1. The zero-order valence-corrected chi connectivity index (χ0v) is 18.2. The predicted octanol–water partition coefficient (Wildman–Crippen LogP) is 4.36. The van der Waals surface area contributed by atoms with Gasteiger partial charge in [-0.3, -0.25) is 9.59 Å². The molecular formula is C23H29ClN2O3. The number of amides is 2.